The van der Waals surface area contributed by atoms with Crippen LogP contribution in [0.3, 0.4) is 0 Å². The summed E-state index contributed by atoms with van der Waals surface area (Å²) >= 11 is 0. The van der Waals surface area contributed by atoms with Crippen molar-refractivity contribution in [3.8, 4) is 0 Å². The van der Waals surface area contributed by atoms with E-state index in [0.717, 1.165) is 25.7 Å². The molecule has 0 aliphatic carbocycles. The van der Waals surface area contributed by atoms with E-state index in [-0.39, 0.29) is 6.42 Å². The summed E-state index contributed by atoms with van der Waals surface area (Å²) in [6.07, 6.45) is 6.13. The minimum absolute atomic E-state index is 0.00950. The molecule has 11 heteroatoms. The third-order valence-electron chi connectivity index (χ3n) is 8.42. The lowest BCUT2D eigenvalue weighted by Crippen LogP contribution is -2.69. The van der Waals surface area contributed by atoms with Crippen molar-refractivity contribution in [2.75, 3.05) is 19.8 Å². The zero-order valence-corrected chi connectivity index (χ0v) is 24.3. The Labute approximate surface area is 239 Å². The predicted molar refractivity (Wildman–Crippen MR) is 147 cm³/mol. The smallest absolute Gasteiger partial charge is 0.224 e. The Kier molecular flexibility index (Phi) is 16.3. The van der Waals surface area contributed by atoms with Gasteiger partial charge in [0.2, 0.25) is 11.6 Å². The van der Waals surface area contributed by atoms with E-state index in [9.17, 15) is 40.9 Å². The molecule has 2 rings (SSSR count). The Bertz CT molecular complexity index is 668. The van der Waals surface area contributed by atoms with Gasteiger partial charge >= 0.3 is 0 Å². The van der Waals surface area contributed by atoms with Crippen LogP contribution in [0.2, 0.25) is 0 Å². The Morgan fingerprint density at radius 2 is 0.925 bits per heavy atom. The summed E-state index contributed by atoms with van der Waals surface area (Å²) in [5, 5.41) is 81.9. The third kappa shape index (κ3) is 9.54. The largest absolute Gasteiger partial charge is 0.394 e. The molecular formula is C29H56O11. The molecule has 0 aromatic rings. The fourth-order valence-electron chi connectivity index (χ4n) is 5.84. The first-order valence-electron chi connectivity index (χ1n) is 15.5. The second kappa shape index (κ2) is 18.3. The number of ether oxygens (including phenoxy) is 3. The van der Waals surface area contributed by atoms with E-state index in [1.54, 1.807) is 0 Å². The Morgan fingerprint density at radius 3 is 1.35 bits per heavy atom. The number of aliphatic hydroxyl groups excluding tert-OH is 8. The van der Waals surface area contributed by atoms with Gasteiger partial charge in [0, 0.05) is 6.42 Å². The van der Waals surface area contributed by atoms with Crippen LogP contribution in [-0.4, -0.2) is 115 Å². The molecule has 11 nitrogen and oxygen atoms in total. The number of hydrogen-bond donors (Lipinski definition) is 8. The number of aliphatic hydroxyl groups is 8. The highest BCUT2D eigenvalue weighted by atomic mass is 16.8. The first-order valence-corrected chi connectivity index (χ1v) is 15.5. The van der Waals surface area contributed by atoms with E-state index < -0.39 is 74.1 Å². The molecule has 2 fully saturated rings. The maximum Gasteiger partial charge on any atom is 0.224 e. The van der Waals surface area contributed by atoms with Crippen LogP contribution >= 0.6 is 0 Å². The molecule has 0 saturated carbocycles. The topological polar surface area (TPSA) is 190 Å². The van der Waals surface area contributed by atoms with Crippen molar-refractivity contribution in [2.45, 2.75) is 164 Å². The molecule has 9 atom stereocenters. The van der Waals surface area contributed by atoms with Crippen LogP contribution < -0.4 is 0 Å². The molecule has 0 aromatic carbocycles. The second-order valence-electron chi connectivity index (χ2n) is 11.6. The molecule has 238 valence electrons. The average molecular weight is 581 g/mol. The van der Waals surface area contributed by atoms with Gasteiger partial charge in [0.25, 0.3) is 0 Å². The van der Waals surface area contributed by atoms with Crippen molar-refractivity contribution in [3.05, 3.63) is 0 Å². The van der Waals surface area contributed by atoms with Gasteiger partial charge in [-0.05, 0) is 6.42 Å². The minimum Gasteiger partial charge on any atom is -0.394 e. The molecular weight excluding hydrogens is 524 g/mol. The summed E-state index contributed by atoms with van der Waals surface area (Å²) in [4.78, 5) is 0. The van der Waals surface area contributed by atoms with Crippen molar-refractivity contribution in [3.63, 3.8) is 0 Å². The Morgan fingerprint density at radius 1 is 0.525 bits per heavy atom. The van der Waals surface area contributed by atoms with Crippen LogP contribution in [0.4, 0.5) is 0 Å². The lowest BCUT2D eigenvalue weighted by Gasteiger charge is -2.51. The second-order valence-corrected chi connectivity index (χ2v) is 11.6. The van der Waals surface area contributed by atoms with Crippen LogP contribution in [-0.2, 0) is 14.2 Å². The van der Waals surface area contributed by atoms with Crippen molar-refractivity contribution >= 4 is 0 Å². The Hall–Kier alpha value is -0.440. The molecule has 0 amide bonds. The van der Waals surface area contributed by atoms with Gasteiger partial charge in [-0.2, -0.15) is 0 Å². The fraction of sp³-hybridized carbons (Fsp3) is 1.00. The maximum absolute atomic E-state index is 11.0. The zero-order valence-electron chi connectivity index (χ0n) is 24.3. The molecule has 0 bridgehead atoms. The van der Waals surface area contributed by atoms with Gasteiger partial charge in [-0.15, -0.1) is 0 Å². The van der Waals surface area contributed by atoms with Crippen molar-refractivity contribution in [2.24, 2.45) is 0 Å². The molecule has 0 spiro atoms. The van der Waals surface area contributed by atoms with Gasteiger partial charge in [-0.1, -0.05) is 96.8 Å². The molecule has 2 saturated heterocycles. The summed E-state index contributed by atoms with van der Waals surface area (Å²) < 4.78 is 17.2. The monoisotopic (exact) mass is 580 g/mol. The highest BCUT2D eigenvalue weighted by Crippen LogP contribution is 2.43. The molecule has 0 aromatic heterocycles. The molecule has 0 radical (unpaired) electrons. The summed E-state index contributed by atoms with van der Waals surface area (Å²) in [5.41, 5.74) is 0. The van der Waals surface area contributed by atoms with Gasteiger partial charge in [0.15, 0.2) is 0 Å². The average Bonchev–Trinajstić information content (AvgIpc) is 3.20. The van der Waals surface area contributed by atoms with Crippen LogP contribution in [0, 0.1) is 0 Å². The van der Waals surface area contributed by atoms with Crippen LogP contribution in [0.15, 0.2) is 0 Å². The molecule has 40 heavy (non-hydrogen) atoms. The van der Waals surface area contributed by atoms with E-state index in [2.05, 4.69) is 6.92 Å². The van der Waals surface area contributed by atoms with Crippen molar-refractivity contribution in [1.82, 2.24) is 0 Å². The highest BCUT2D eigenvalue weighted by molar-refractivity contribution is 5.02. The Balaban J connectivity index is 1.86. The van der Waals surface area contributed by atoms with Crippen LogP contribution in [0.1, 0.15) is 110 Å². The van der Waals surface area contributed by atoms with E-state index >= 15 is 0 Å². The standard InChI is InChI=1S/C29H56O11/c1-2-3-4-5-6-7-8-9-10-11-12-13-14-15-16-17-28(27(37)25(35)23(33)21(18-30)38-28)40-29(20-32)26(36)24(34)22(19-31)39-29/h21-27,30-37H,2-20H2,1H3/t21-,22-,23-,24-,25+,26+,27-,28+,29?/m1/s1. The minimum atomic E-state index is -2.27. The quantitative estimate of drug-likeness (QED) is 0.0912. The fourth-order valence-corrected chi connectivity index (χ4v) is 5.84. The summed E-state index contributed by atoms with van der Waals surface area (Å²) in [5.74, 6) is -4.35. The van der Waals surface area contributed by atoms with Gasteiger partial charge < -0.3 is 55.1 Å². The molecule has 8 N–H and O–H groups in total. The van der Waals surface area contributed by atoms with Gasteiger partial charge in [-0.3, -0.25) is 0 Å². The molecule has 1 unspecified atom stereocenters. The van der Waals surface area contributed by atoms with E-state index in [1.165, 1.54) is 64.2 Å². The normalized spacial score (nSPS) is 36.4. The number of unbranched alkanes of at least 4 members (excludes halogenated alkanes) is 14. The van der Waals surface area contributed by atoms with E-state index in [4.69, 9.17) is 14.2 Å². The van der Waals surface area contributed by atoms with Gasteiger partial charge in [0.1, 0.15) is 49.3 Å². The summed E-state index contributed by atoms with van der Waals surface area (Å²) in [7, 11) is 0. The summed E-state index contributed by atoms with van der Waals surface area (Å²) in [6.45, 7) is -0.0790. The zero-order chi connectivity index (χ0) is 29.6. The van der Waals surface area contributed by atoms with E-state index in [1.807, 2.05) is 0 Å². The first kappa shape index (κ1) is 35.8. The SMILES string of the molecule is CCCCCCCCCCCCCCCCC[C@@]1(OC2(CO)O[C@H](CO)[C@@H](O)[C@@H]2O)O[C@H](CO)[C@@H](O)[C@H](O)[C@H]1O. The van der Waals surface area contributed by atoms with Gasteiger partial charge in [0.05, 0.1) is 13.2 Å². The number of hydrogen-bond acceptors (Lipinski definition) is 11. The molecule has 2 aliphatic rings. The van der Waals surface area contributed by atoms with Crippen LogP contribution in [0.25, 0.3) is 0 Å². The lowest BCUT2D eigenvalue weighted by atomic mass is 9.88. The molecule has 2 aliphatic heterocycles. The molecule has 2 heterocycles. The third-order valence-corrected chi connectivity index (χ3v) is 8.42. The van der Waals surface area contributed by atoms with Crippen molar-refractivity contribution < 1.29 is 55.1 Å². The van der Waals surface area contributed by atoms with Gasteiger partial charge in [-0.25, -0.2) is 0 Å². The number of rotatable bonds is 21. The van der Waals surface area contributed by atoms with Crippen LogP contribution in [0.5, 0.6) is 0 Å². The summed E-state index contributed by atoms with van der Waals surface area (Å²) in [6, 6.07) is 0. The maximum atomic E-state index is 11.0. The van der Waals surface area contributed by atoms with Crippen molar-refractivity contribution in [1.29, 1.82) is 0 Å². The lowest BCUT2D eigenvalue weighted by molar-refractivity contribution is -0.435. The predicted octanol–water partition coefficient (Wildman–Crippen LogP) is 1.24. The first-order chi connectivity index (χ1) is 19.2. The highest BCUT2D eigenvalue weighted by Gasteiger charge is 2.63. The van der Waals surface area contributed by atoms with E-state index in [0.29, 0.717) is 6.42 Å².